The molecule has 5 rings (SSSR count). The van der Waals surface area contributed by atoms with Gasteiger partial charge in [-0.05, 0) is 28.5 Å². The van der Waals surface area contributed by atoms with Crippen molar-refractivity contribution in [2.75, 3.05) is 5.32 Å². The second-order valence-corrected chi connectivity index (χ2v) is 6.88. The highest BCUT2D eigenvalue weighted by Gasteiger charge is 2.34. The molecule has 0 bridgehead atoms. The SMILES string of the molecule is N#CC1=COc2c(c(=O)oc3cccc(NC=O)c23)C1c1cccc2ccccc12. The Balaban J connectivity index is 1.88. The smallest absolute Gasteiger partial charge is 0.344 e. The topological polar surface area (TPSA) is 92.3 Å². The first kappa shape index (κ1) is 17.7. The fourth-order valence-corrected chi connectivity index (χ4v) is 4.05. The molecular weight excluding hydrogens is 380 g/mol. The number of nitrogens with zero attached hydrogens (tertiary/aromatic N) is 1. The lowest BCUT2D eigenvalue weighted by atomic mass is 9.82. The summed E-state index contributed by atoms with van der Waals surface area (Å²) in [5.74, 6) is -0.377. The number of carbonyl (C=O) groups excluding carboxylic acids is 1. The van der Waals surface area contributed by atoms with E-state index >= 15 is 0 Å². The van der Waals surface area contributed by atoms with E-state index in [-0.39, 0.29) is 16.9 Å². The average Bonchev–Trinajstić information content (AvgIpc) is 2.78. The first-order chi connectivity index (χ1) is 14.7. The first-order valence-electron chi connectivity index (χ1n) is 9.27. The van der Waals surface area contributed by atoms with Crippen molar-refractivity contribution in [3.63, 3.8) is 0 Å². The van der Waals surface area contributed by atoms with Gasteiger partial charge < -0.3 is 14.5 Å². The highest BCUT2D eigenvalue weighted by Crippen LogP contribution is 2.45. The number of hydrogen-bond acceptors (Lipinski definition) is 5. The van der Waals surface area contributed by atoms with Gasteiger partial charge in [-0.15, -0.1) is 0 Å². The summed E-state index contributed by atoms with van der Waals surface area (Å²) in [6.07, 6.45) is 1.92. The van der Waals surface area contributed by atoms with Crippen LogP contribution in [-0.2, 0) is 4.79 Å². The third-order valence-corrected chi connectivity index (χ3v) is 5.30. The molecule has 0 spiro atoms. The third-order valence-electron chi connectivity index (χ3n) is 5.30. The van der Waals surface area contributed by atoms with Crippen molar-refractivity contribution in [2.24, 2.45) is 0 Å². The fourth-order valence-electron chi connectivity index (χ4n) is 4.05. The van der Waals surface area contributed by atoms with Crippen LogP contribution in [0.3, 0.4) is 0 Å². The van der Waals surface area contributed by atoms with E-state index in [2.05, 4.69) is 11.4 Å². The molecule has 1 unspecified atom stereocenters. The zero-order chi connectivity index (χ0) is 20.7. The van der Waals surface area contributed by atoms with Crippen LogP contribution in [0.1, 0.15) is 17.0 Å². The predicted molar refractivity (Wildman–Crippen MR) is 112 cm³/mol. The number of nitriles is 1. The maximum atomic E-state index is 13.1. The molecule has 144 valence electrons. The van der Waals surface area contributed by atoms with Gasteiger partial charge in [0.1, 0.15) is 11.8 Å². The maximum absolute atomic E-state index is 13.1. The normalized spacial score (nSPS) is 15.0. The minimum Gasteiger partial charge on any atom is -0.462 e. The molecule has 0 fully saturated rings. The van der Waals surface area contributed by atoms with E-state index in [0.29, 0.717) is 23.1 Å². The number of anilines is 1. The van der Waals surface area contributed by atoms with Gasteiger partial charge in [0.05, 0.1) is 34.2 Å². The average molecular weight is 394 g/mol. The second-order valence-electron chi connectivity index (χ2n) is 6.88. The minimum absolute atomic E-state index is 0.234. The molecule has 0 saturated carbocycles. The number of carbonyl (C=O) groups is 1. The van der Waals surface area contributed by atoms with Gasteiger partial charge in [-0.1, -0.05) is 48.5 Å². The lowest BCUT2D eigenvalue weighted by molar-refractivity contribution is -0.105. The fraction of sp³-hybridized carbons (Fsp3) is 0.0417. The largest absolute Gasteiger partial charge is 0.462 e. The van der Waals surface area contributed by atoms with Crippen LogP contribution in [0, 0.1) is 11.3 Å². The van der Waals surface area contributed by atoms with Crippen molar-refractivity contribution in [1.82, 2.24) is 0 Å². The Kier molecular flexibility index (Phi) is 4.08. The number of benzene rings is 3. The van der Waals surface area contributed by atoms with Crippen LogP contribution < -0.4 is 15.7 Å². The third kappa shape index (κ3) is 2.57. The number of fused-ring (bicyclic) bond motifs is 4. The highest BCUT2D eigenvalue weighted by molar-refractivity contribution is 6.00. The summed E-state index contributed by atoms with van der Waals surface area (Å²) in [7, 11) is 0. The second kappa shape index (κ2) is 6.90. The van der Waals surface area contributed by atoms with E-state index in [4.69, 9.17) is 9.15 Å². The highest BCUT2D eigenvalue weighted by atomic mass is 16.5. The Hall–Kier alpha value is -4.37. The number of nitrogens with one attached hydrogen (secondary N) is 1. The molecule has 1 aromatic heterocycles. The van der Waals surface area contributed by atoms with Gasteiger partial charge in [0.25, 0.3) is 0 Å². The van der Waals surface area contributed by atoms with Crippen molar-refractivity contribution in [1.29, 1.82) is 5.26 Å². The molecule has 6 nitrogen and oxygen atoms in total. The first-order valence-corrected chi connectivity index (χ1v) is 9.27. The zero-order valence-corrected chi connectivity index (χ0v) is 15.6. The number of ether oxygens (including phenoxy) is 1. The lowest BCUT2D eigenvalue weighted by Gasteiger charge is -2.25. The van der Waals surface area contributed by atoms with Crippen LogP contribution in [0.5, 0.6) is 5.75 Å². The van der Waals surface area contributed by atoms with Gasteiger partial charge >= 0.3 is 5.63 Å². The van der Waals surface area contributed by atoms with Crippen molar-refractivity contribution in [3.8, 4) is 11.8 Å². The number of hydrogen-bond donors (Lipinski definition) is 1. The summed E-state index contributed by atoms with van der Waals surface area (Å²) < 4.78 is 11.3. The molecule has 30 heavy (non-hydrogen) atoms. The van der Waals surface area contributed by atoms with Gasteiger partial charge in [-0.2, -0.15) is 5.26 Å². The van der Waals surface area contributed by atoms with Crippen LogP contribution >= 0.6 is 0 Å². The van der Waals surface area contributed by atoms with E-state index in [0.717, 1.165) is 16.3 Å². The van der Waals surface area contributed by atoms with Gasteiger partial charge in [0.15, 0.2) is 5.75 Å². The molecule has 1 aliphatic rings. The molecule has 3 aromatic carbocycles. The maximum Gasteiger partial charge on any atom is 0.344 e. The molecule has 4 aromatic rings. The molecule has 6 heteroatoms. The monoisotopic (exact) mass is 394 g/mol. The van der Waals surface area contributed by atoms with Crippen molar-refractivity contribution >= 4 is 33.8 Å². The summed E-state index contributed by atoms with van der Waals surface area (Å²) in [5.41, 5.74) is 1.49. The quantitative estimate of drug-likeness (QED) is 0.409. The molecule has 2 heterocycles. The van der Waals surface area contributed by atoms with Crippen LogP contribution in [0.2, 0.25) is 0 Å². The van der Waals surface area contributed by atoms with Crippen LogP contribution in [0.15, 0.2) is 81.7 Å². The predicted octanol–water partition coefficient (Wildman–Crippen LogP) is 4.45. The molecular formula is C24H14N2O4. The number of amides is 1. The van der Waals surface area contributed by atoms with Gasteiger partial charge in [0.2, 0.25) is 6.41 Å². The van der Waals surface area contributed by atoms with E-state index < -0.39 is 11.5 Å². The number of rotatable bonds is 3. The number of allylic oxidation sites excluding steroid dienone is 1. The van der Waals surface area contributed by atoms with Crippen molar-refractivity contribution in [3.05, 3.63) is 94.0 Å². The standard InChI is InChI=1S/C24H14N2O4/c25-11-15-12-29-23-21-18(26-13-27)9-4-10-19(21)30-24(28)22(23)20(15)17-8-3-6-14-5-1-2-7-16(14)17/h1-10,12-13,20H,(H,26,27). The summed E-state index contributed by atoms with van der Waals surface area (Å²) in [5, 5.41) is 14.8. The Bertz CT molecular complexity index is 1450. The zero-order valence-electron chi connectivity index (χ0n) is 15.6. The Labute approximate surface area is 170 Å². The summed E-state index contributed by atoms with van der Waals surface area (Å²) in [6.45, 7) is 0. The Morgan fingerprint density at radius 3 is 2.67 bits per heavy atom. The van der Waals surface area contributed by atoms with Crippen LogP contribution in [-0.4, -0.2) is 6.41 Å². The van der Waals surface area contributed by atoms with E-state index in [9.17, 15) is 14.9 Å². The van der Waals surface area contributed by atoms with Gasteiger partial charge in [0, 0.05) is 0 Å². The molecule has 1 N–H and O–H groups in total. The van der Waals surface area contributed by atoms with E-state index in [1.54, 1.807) is 18.2 Å². The van der Waals surface area contributed by atoms with Crippen LogP contribution in [0.25, 0.3) is 21.7 Å². The molecule has 1 aliphatic heterocycles. The Morgan fingerprint density at radius 2 is 1.83 bits per heavy atom. The van der Waals surface area contributed by atoms with E-state index in [1.165, 1.54) is 6.26 Å². The Morgan fingerprint density at radius 1 is 1.03 bits per heavy atom. The van der Waals surface area contributed by atoms with Gasteiger partial charge in [-0.25, -0.2) is 4.79 Å². The summed E-state index contributed by atoms with van der Waals surface area (Å²) in [4.78, 5) is 24.1. The summed E-state index contributed by atoms with van der Waals surface area (Å²) in [6, 6.07) is 20.7. The molecule has 0 aliphatic carbocycles. The molecule has 1 atom stereocenters. The molecule has 1 amide bonds. The van der Waals surface area contributed by atoms with Crippen molar-refractivity contribution < 1.29 is 13.9 Å². The van der Waals surface area contributed by atoms with Gasteiger partial charge in [-0.3, -0.25) is 4.79 Å². The van der Waals surface area contributed by atoms with E-state index in [1.807, 2.05) is 42.5 Å². The van der Waals surface area contributed by atoms with Crippen molar-refractivity contribution in [2.45, 2.75) is 5.92 Å². The minimum atomic E-state index is -0.658. The van der Waals surface area contributed by atoms with Crippen LogP contribution in [0.4, 0.5) is 5.69 Å². The summed E-state index contributed by atoms with van der Waals surface area (Å²) >= 11 is 0. The molecule has 0 radical (unpaired) electrons. The lowest BCUT2D eigenvalue weighted by Crippen LogP contribution is -2.21. The molecule has 0 saturated heterocycles.